The number of hydrogen-bond acceptors (Lipinski definition) is 5. The van der Waals surface area contributed by atoms with Crippen LogP contribution in [0.3, 0.4) is 0 Å². The van der Waals surface area contributed by atoms with Crippen LogP contribution in [0.1, 0.15) is 45.5 Å². The largest absolute Gasteiger partial charge is 0.356 e. The molecule has 0 unspecified atom stereocenters. The maximum atomic E-state index is 13.0. The van der Waals surface area contributed by atoms with Gasteiger partial charge in [-0.15, -0.1) is 0 Å². The highest BCUT2D eigenvalue weighted by molar-refractivity contribution is 7.09. The SMILES string of the molecule is CC(C)CNC(=O)CCN(c1nc(Cc2ccc(F)cc2)ns1)C(C)C. The average molecular weight is 379 g/mol. The molecule has 1 amide bonds. The van der Waals surface area contributed by atoms with Gasteiger partial charge in [-0.3, -0.25) is 4.79 Å². The van der Waals surface area contributed by atoms with E-state index in [-0.39, 0.29) is 17.8 Å². The van der Waals surface area contributed by atoms with Gasteiger partial charge in [-0.25, -0.2) is 9.37 Å². The van der Waals surface area contributed by atoms with E-state index in [9.17, 15) is 9.18 Å². The Labute approximate surface area is 158 Å². The number of benzene rings is 1. The van der Waals surface area contributed by atoms with E-state index in [4.69, 9.17) is 0 Å². The molecule has 1 N–H and O–H groups in total. The molecule has 0 bridgehead atoms. The molecule has 0 atom stereocenters. The molecule has 26 heavy (non-hydrogen) atoms. The van der Waals surface area contributed by atoms with E-state index in [0.29, 0.717) is 37.7 Å². The van der Waals surface area contributed by atoms with Crippen LogP contribution in [0.5, 0.6) is 0 Å². The highest BCUT2D eigenvalue weighted by Crippen LogP contribution is 2.21. The molecule has 2 aromatic rings. The summed E-state index contributed by atoms with van der Waals surface area (Å²) in [5, 5.41) is 3.76. The molecule has 7 heteroatoms. The highest BCUT2D eigenvalue weighted by atomic mass is 32.1. The number of nitrogens with zero attached hydrogens (tertiary/aromatic N) is 3. The van der Waals surface area contributed by atoms with Gasteiger partial charge in [-0.1, -0.05) is 26.0 Å². The maximum Gasteiger partial charge on any atom is 0.221 e. The number of halogens is 1. The van der Waals surface area contributed by atoms with Crippen molar-refractivity contribution in [2.45, 2.75) is 46.6 Å². The van der Waals surface area contributed by atoms with E-state index in [1.807, 2.05) is 0 Å². The van der Waals surface area contributed by atoms with Crippen molar-refractivity contribution in [3.63, 3.8) is 0 Å². The molecule has 1 aromatic heterocycles. The lowest BCUT2D eigenvalue weighted by Crippen LogP contribution is -2.36. The Hall–Kier alpha value is -2.02. The van der Waals surface area contributed by atoms with Gasteiger partial charge in [-0.05, 0) is 37.5 Å². The van der Waals surface area contributed by atoms with Crippen molar-refractivity contribution < 1.29 is 9.18 Å². The maximum absolute atomic E-state index is 13.0. The minimum absolute atomic E-state index is 0.0559. The van der Waals surface area contributed by atoms with Crippen molar-refractivity contribution in [2.24, 2.45) is 5.92 Å². The third-order valence-corrected chi connectivity index (χ3v) is 4.68. The molecule has 1 heterocycles. The van der Waals surface area contributed by atoms with E-state index in [0.717, 1.165) is 10.7 Å². The Balaban J connectivity index is 1.96. The van der Waals surface area contributed by atoms with Crippen LogP contribution in [0.4, 0.5) is 9.52 Å². The number of carbonyl (C=O) groups excluding carboxylic acids is 1. The first-order chi connectivity index (χ1) is 12.3. The first-order valence-electron chi connectivity index (χ1n) is 8.95. The fourth-order valence-electron chi connectivity index (χ4n) is 2.42. The number of nitrogens with one attached hydrogen (secondary N) is 1. The van der Waals surface area contributed by atoms with Crippen LogP contribution < -0.4 is 10.2 Å². The van der Waals surface area contributed by atoms with Crippen molar-refractivity contribution in [1.29, 1.82) is 0 Å². The lowest BCUT2D eigenvalue weighted by molar-refractivity contribution is -0.121. The van der Waals surface area contributed by atoms with Gasteiger partial charge in [0.1, 0.15) is 11.6 Å². The molecule has 0 aliphatic carbocycles. The predicted octanol–water partition coefficient (Wildman–Crippen LogP) is 3.65. The summed E-state index contributed by atoms with van der Waals surface area (Å²) in [6, 6.07) is 6.60. The standard InChI is InChI=1S/C19H27FN4OS/c1-13(2)12-21-18(25)9-10-24(14(3)4)19-22-17(23-26-19)11-15-5-7-16(20)8-6-15/h5-8,13-14H,9-12H2,1-4H3,(H,21,25). The minimum Gasteiger partial charge on any atom is -0.356 e. The Morgan fingerprint density at radius 3 is 2.54 bits per heavy atom. The number of rotatable bonds is 9. The van der Waals surface area contributed by atoms with Crippen molar-refractivity contribution in [2.75, 3.05) is 18.0 Å². The Morgan fingerprint density at radius 2 is 1.92 bits per heavy atom. The van der Waals surface area contributed by atoms with Crippen LogP contribution in [-0.2, 0) is 11.2 Å². The molecule has 0 aliphatic heterocycles. The second kappa shape index (κ2) is 9.62. The first kappa shape index (κ1) is 20.3. The molecular weight excluding hydrogens is 351 g/mol. The van der Waals surface area contributed by atoms with Gasteiger partial charge in [0.2, 0.25) is 11.0 Å². The lowest BCUT2D eigenvalue weighted by Gasteiger charge is -2.25. The number of aromatic nitrogens is 2. The zero-order chi connectivity index (χ0) is 19.1. The van der Waals surface area contributed by atoms with Crippen LogP contribution >= 0.6 is 11.5 Å². The van der Waals surface area contributed by atoms with Crippen molar-refractivity contribution in [3.8, 4) is 0 Å². The quantitative estimate of drug-likeness (QED) is 0.724. The molecule has 0 saturated carbocycles. The number of hydrogen-bond donors (Lipinski definition) is 1. The molecule has 0 saturated heterocycles. The second-order valence-electron chi connectivity index (χ2n) is 7.03. The summed E-state index contributed by atoms with van der Waals surface area (Å²) in [6.45, 7) is 9.60. The predicted molar refractivity (Wildman–Crippen MR) is 104 cm³/mol. The van der Waals surface area contributed by atoms with Crippen LogP contribution in [-0.4, -0.2) is 34.4 Å². The summed E-state index contributed by atoms with van der Waals surface area (Å²) in [5.41, 5.74) is 0.972. The average Bonchev–Trinajstić information content (AvgIpc) is 3.03. The van der Waals surface area contributed by atoms with E-state index in [1.54, 1.807) is 12.1 Å². The molecule has 142 valence electrons. The van der Waals surface area contributed by atoms with Crippen LogP contribution in [0, 0.1) is 11.7 Å². The fraction of sp³-hybridized carbons (Fsp3) is 0.526. The van der Waals surface area contributed by atoms with E-state index in [1.165, 1.54) is 23.7 Å². The Kier molecular flexibility index (Phi) is 7.50. The molecule has 0 spiro atoms. The topological polar surface area (TPSA) is 58.1 Å². The zero-order valence-corrected chi connectivity index (χ0v) is 16.6. The van der Waals surface area contributed by atoms with Gasteiger partial charge in [0.15, 0.2) is 0 Å². The van der Waals surface area contributed by atoms with E-state index in [2.05, 4.69) is 47.3 Å². The van der Waals surface area contributed by atoms with Gasteiger partial charge in [-0.2, -0.15) is 4.37 Å². The third-order valence-electron chi connectivity index (χ3n) is 3.89. The summed E-state index contributed by atoms with van der Waals surface area (Å²) < 4.78 is 17.4. The Bertz CT molecular complexity index is 700. The molecule has 0 aliphatic rings. The molecule has 5 nitrogen and oxygen atoms in total. The van der Waals surface area contributed by atoms with Gasteiger partial charge < -0.3 is 10.2 Å². The smallest absolute Gasteiger partial charge is 0.221 e. The summed E-state index contributed by atoms with van der Waals surface area (Å²) in [4.78, 5) is 18.7. The number of amides is 1. The number of anilines is 1. The summed E-state index contributed by atoms with van der Waals surface area (Å²) in [6.07, 6.45) is 0.995. The molecular formula is C19H27FN4OS. The van der Waals surface area contributed by atoms with E-state index < -0.39 is 0 Å². The van der Waals surface area contributed by atoms with Crippen molar-refractivity contribution in [1.82, 2.24) is 14.7 Å². The zero-order valence-electron chi connectivity index (χ0n) is 15.8. The first-order valence-corrected chi connectivity index (χ1v) is 9.73. The normalized spacial score (nSPS) is 11.2. The van der Waals surface area contributed by atoms with Crippen LogP contribution in [0.25, 0.3) is 0 Å². The fourth-order valence-corrected chi connectivity index (χ4v) is 3.27. The lowest BCUT2D eigenvalue weighted by atomic mass is 10.1. The Morgan fingerprint density at radius 1 is 1.23 bits per heavy atom. The molecule has 2 rings (SSSR count). The van der Waals surface area contributed by atoms with Gasteiger partial charge >= 0.3 is 0 Å². The van der Waals surface area contributed by atoms with Gasteiger partial charge in [0.25, 0.3) is 0 Å². The van der Waals surface area contributed by atoms with Crippen molar-refractivity contribution in [3.05, 3.63) is 41.5 Å². The summed E-state index contributed by atoms with van der Waals surface area (Å²) in [5.74, 6) is 0.964. The monoisotopic (exact) mass is 378 g/mol. The highest BCUT2D eigenvalue weighted by Gasteiger charge is 2.17. The molecule has 0 fully saturated rings. The summed E-state index contributed by atoms with van der Waals surface area (Å²) >= 11 is 1.34. The van der Waals surface area contributed by atoms with Gasteiger partial charge in [0.05, 0.1) is 0 Å². The minimum atomic E-state index is -0.248. The third kappa shape index (κ3) is 6.37. The molecule has 1 aromatic carbocycles. The number of carbonyl (C=O) groups is 1. The second-order valence-corrected chi connectivity index (χ2v) is 7.76. The molecule has 0 radical (unpaired) electrons. The summed E-state index contributed by atoms with van der Waals surface area (Å²) in [7, 11) is 0. The van der Waals surface area contributed by atoms with Gasteiger partial charge in [0, 0.05) is 43.5 Å². The van der Waals surface area contributed by atoms with Crippen molar-refractivity contribution >= 4 is 22.6 Å². The van der Waals surface area contributed by atoms with Crippen LogP contribution in [0.15, 0.2) is 24.3 Å². The van der Waals surface area contributed by atoms with E-state index >= 15 is 0 Å². The van der Waals surface area contributed by atoms with Crippen LogP contribution in [0.2, 0.25) is 0 Å².